The maximum absolute atomic E-state index is 11.4. The van der Waals surface area contributed by atoms with Crippen molar-refractivity contribution in [3.63, 3.8) is 0 Å². The molecule has 0 radical (unpaired) electrons. The van der Waals surface area contributed by atoms with Crippen molar-refractivity contribution in [3.05, 3.63) is 0 Å². The summed E-state index contributed by atoms with van der Waals surface area (Å²) in [5.41, 5.74) is -0.547. The van der Waals surface area contributed by atoms with Crippen LogP contribution in [0.1, 0.15) is 33.6 Å². The molecular formula is C12H22N2O4. The van der Waals surface area contributed by atoms with Crippen molar-refractivity contribution in [1.29, 1.82) is 0 Å². The van der Waals surface area contributed by atoms with E-state index in [4.69, 9.17) is 4.74 Å². The molecule has 0 aromatic rings. The summed E-state index contributed by atoms with van der Waals surface area (Å²) in [6.07, 6.45) is 0.0366. The number of hydrogen-bond acceptors (Lipinski definition) is 4. The van der Waals surface area contributed by atoms with Crippen molar-refractivity contribution in [2.45, 2.75) is 39.2 Å². The van der Waals surface area contributed by atoms with Crippen LogP contribution < -0.4 is 5.32 Å². The van der Waals surface area contributed by atoms with Crippen molar-refractivity contribution in [2.75, 3.05) is 20.6 Å². The van der Waals surface area contributed by atoms with Gasteiger partial charge in [0.15, 0.2) is 0 Å². The van der Waals surface area contributed by atoms with E-state index in [1.807, 2.05) is 0 Å². The summed E-state index contributed by atoms with van der Waals surface area (Å²) in [5, 5.41) is 2.44. The summed E-state index contributed by atoms with van der Waals surface area (Å²) in [6, 6.07) is 0. The van der Waals surface area contributed by atoms with E-state index < -0.39 is 11.6 Å². The van der Waals surface area contributed by atoms with Gasteiger partial charge in [0, 0.05) is 20.5 Å². The fourth-order valence-corrected chi connectivity index (χ4v) is 1.03. The molecule has 0 unspecified atom stereocenters. The Kier molecular flexibility index (Phi) is 6.36. The second kappa shape index (κ2) is 6.98. The van der Waals surface area contributed by atoms with Gasteiger partial charge in [-0.3, -0.25) is 14.4 Å². The van der Waals surface area contributed by atoms with Crippen molar-refractivity contribution in [3.8, 4) is 0 Å². The van der Waals surface area contributed by atoms with Crippen LogP contribution in [0.2, 0.25) is 0 Å². The van der Waals surface area contributed by atoms with E-state index in [0.717, 1.165) is 0 Å². The first-order valence-corrected chi connectivity index (χ1v) is 5.80. The van der Waals surface area contributed by atoms with E-state index >= 15 is 0 Å². The zero-order chi connectivity index (χ0) is 14.3. The van der Waals surface area contributed by atoms with Crippen molar-refractivity contribution in [2.24, 2.45) is 0 Å². The number of nitrogens with one attached hydrogen (secondary N) is 1. The van der Waals surface area contributed by atoms with Crippen LogP contribution in [0.15, 0.2) is 0 Å². The fraction of sp³-hybridized carbons (Fsp3) is 0.750. The Morgan fingerprint density at radius 1 is 1.11 bits per heavy atom. The molecule has 0 spiro atoms. The van der Waals surface area contributed by atoms with Gasteiger partial charge >= 0.3 is 5.97 Å². The van der Waals surface area contributed by atoms with Crippen LogP contribution in [0.3, 0.4) is 0 Å². The van der Waals surface area contributed by atoms with Gasteiger partial charge in [-0.15, -0.1) is 0 Å². The molecule has 0 atom stereocenters. The normalized spacial score (nSPS) is 10.7. The first-order valence-electron chi connectivity index (χ1n) is 5.80. The fourth-order valence-electron chi connectivity index (χ4n) is 1.03. The summed E-state index contributed by atoms with van der Waals surface area (Å²) in [7, 11) is 3.21. The summed E-state index contributed by atoms with van der Waals surface area (Å²) >= 11 is 0. The highest BCUT2D eigenvalue weighted by molar-refractivity contribution is 5.86. The molecule has 104 valence electrons. The number of likely N-dealkylation sites (N-methyl/N-ethyl adjacent to an activating group) is 1. The minimum Gasteiger partial charge on any atom is -0.460 e. The molecule has 0 aromatic heterocycles. The van der Waals surface area contributed by atoms with Gasteiger partial charge in [-0.25, -0.2) is 0 Å². The summed E-state index contributed by atoms with van der Waals surface area (Å²) in [6.45, 7) is 5.24. The molecule has 6 nitrogen and oxygen atoms in total. The Bertz CT molecular complexity index is 319. The zero-order valence-electron chi connectivity index (χ0n) is 11.7. The Balaban J connectivity index is 3.84. The third-order valence-electron chi connectivity index (χ3n) is 1.91. The molecule has 0 bridgehead atoms. The predicted octanol–water partition coefficient (Wildman–Crippen LogP) is 0.313. The van der Waals surface area contributed by atoms with E-state index in [9.17, 15) is 14.4 Å². The van der Waals surface area contributed by atoms with E-state index in [1.54, 1.807) is 34.9 Å². The first kappa shape index (κ1) is 16.4. The smallest absolute Gasteiger partial charge is 0.306 e. The largest absolute Gasteiger partial charge is 0.460 e. The van der Waals surface area contributed by atoms with Crippen LogP contribution in [0.5, 0.6) is 0 Å². The van der Waals surface area contributed by atoms with Crippen LogP contribution in [-0.4, -0.2) is 48.9 Å². The summed E-state index contributed by atoms with van der Waals surface area (Å²) in [5.74, 6) is -0.951. The Morgan fingerprint density at radius 2 is 1.67 bits per heavy atom. The summed E-state index contributed by atoms with van der Waals surface area (Å²) < 4.78 is 5.06. The standard InChI is InChI=1S/C12H22N2O4/c1-12(2,3)18-11(17)7-6-9(15)13-8-10(16)14(4)5/h6-8H2,1-5H3,(H,13,15). The number of esters is 1. The first-order chi connectivity index (χ1) is 8.11. The van der Waals surface area contributed by atoms with E-state index in [2.05, 4.69) is 5.32 Å². The molecule has 6 heteroatoms. The highest BCUT2D eigenvalue weighted by Crippen LogP contribution is 2.08. The molecule has 0 saturated carbocycles. The van der Waals surface area contributed by atoms with Gasteiger partial charge in [0.1, 0.15) is 5.60 Å². The average Bonchev–Trinajstić information content (AvgIpc) is 2.20. The lowest BCUT2D eigenvalue weighted by Gasteiger charge is -2.19. The van der Waals surface area contributed by atoms with Crippen LogP contribution in [0.25, 0.3) is 0 Å². The third-order valence-corrected chi connectivity index (χ3v) is 1.91. The van der Waals surface area contributed by atoms with Gasteiger partial charge in [-0.2, -0.15) is 0 Å². The lowest BCUT2D eigenvalue weighted by Crippen LogP contribution is -2.36. The quantitative estimate of drug-likeness (QED) is 0.720. The van der Waals surface area contributed by atoms with Gasteiger partial charge < -0.3 is 15.0 Å². The van der Waals surface area contributed by atoms with Crippen molar-refractivity contribution in [1.82, 2.24) is 10.2 Å². The Hall–Kier alpha value is -1.59. The number of amides is 2. The summed E-state index contributed by atoms with van der Waals surface area (Å²) in [4.78, 5) is 35.3. The van der Waals surface area contributed by atoms with Gasteiger partial charge in [0.2, 0.25) is 11.8 Å². The number of ether oxygens (including phenoxy) is 1. The van der Waals surface area contributed by atoms with Crippen LogP contribution in [0.4, 0.5) is 0 Å². The molecule has 0 saturated heterocycles. The molecular weight excluding hydrogens is 236 g/mol. The van der Waals surface area contributed by atoms with E-state index in [-0.39, 0.29) is 31.2 Å². The average molecular weight is 258 g/mol. The second-order valence-electron chi connectivity index (χ2n) is 5.15. The van der Waals surface area contributed by atoms with Gasteiger partial charge in [-0.1, -0.05) is 0 Å². The van der Waals surface area contributed by atoms with Gasteiger partial charge in [0.05, 0.1) is 13.0 Å². The predicted molar refractivity (Wildman–Crippen MR) is 66.8 cm³/mol. The Labute approximate surface area is 108 Å². The highest BCUT2D eigenvalue weighted by Gasteiger charge is 2.17. The van der Waals surface area contributed by atoms with Gasteiger partial charge in [0.25, 0.3) is 0 Å². The molecule has 0 aromatic carbocycles. The molecule has 1 N–H and O–H groups in total. The third kappa shape index (κ3) is 8.55. The maximum atomic E-state index is 11.4. The SMILES string of the molecule is CN(C)C(=O)CNC(=O)CCC(=O)OC(C)(C)C. The molecule has 0 fully saturated rings. The molecule has 2 amide bonds. The van der Waals surface area contributed by atoms with Crippen LogP contribution in [0, 0.1) is 0 Å². The van der Waals surface area contributed by atoms with Crippen LogP contribution in [-0.2, 0) is 19.1 Å². The maximum Gasteiger partial charge on any atom is 0.306 e. The molecule has 0 heterocycles. The second-order valence-corrected chi connectivity index (χ2v) is 5.15. The Morgan fingerprint density at radius 3 is 2.11 bits per heavy atom. The number of rotatable bonds is 5. The topological polar surface area (TPSA) is 75.7 Å². The van der Waals surface area contributed by atoms with E-state index in [0.29, 0.717) is 0 Å². The van der Waals surface area contributed by atoms with Crippen molar-refractivity contribution >= 4 is 17.8 Å². The molecule has 0 aliphatic heterocycles. The number of hydrogen-bond donors (Lipinski definition) is 1. The number of carbonyl (C=O) groups is 3. The lowest BCUT2D eigenvalue weighted by atomic mass is 10.2. The lowest BCUT2D eigenvalue weighted by molar-refractivity contribution is -0.155. The van der Waals surface area contributed by atoms with Crippen molar-refractivity contribution < 1.29 is 19.1 Å². The molecule has 0 aliphatic rings. The minimum absolute atomic E-state index is 0.0132. The minimum atomic E-state index is -0.547. The monoisotopic (exact) mass is 258 g/mol. The molecule has 18 heavy (non-hydrogen) atoms. The number of carbonyl (C=O) groups excluding carboxylic acids is 3. The van der Waals surface area contributed by atoms with Gasteiger partial charge in [-0.05, 0) is 20.8 Å². The zero-order valence-corrected chi connectivity index (χ0v) is 11.7. The number of nitrogens with zero attached hydrogens (tertiary/aromatic N) is 1. The van der Waals surface area contributed by atoms with Crippen LogP contribution >= 0.6 is 0 Å². The highest BCUT2D eigenvalue weighted by atomic mass is 16.6. The molecule has 0 aliphatic carbocycles. The van der Waals surface area contributed by atoms with E-state index in [1.165, 1.54) is 4.90 Å². The molecule has 0 rings (SSSR count).